The first-order valence-corrected chi connectivity index (χ1v) is 8.21. The molecule has 1 N–H and O–H groups in total. The van der Waals surface area contributed by atoms with Crippen LogP contribution in [0.3, 0.4) is 0 Å². The number of aromatic amines is 1. The van der Waals surface area contributed by atoms with Crippen LogP contribution in [0.4, 0.5) is 0 Å². The molecule has 24 heavy (non-hydrogen) atoms. The molecule has 6 heteroatoms. The van der Waals surface area contributed by atoms with E-state index in [1.165, 1.54) is 6.92 Å². The predicted molar refractivity (Wildman–Crippen MR) is 91.4 cm³/mol. The Balaban J connectivity index is 1.82. The molecule has 0 aliphatic carbocycles. The number of nitrogens with zero attached hydrogens (tertiary/aromatic N) is 1. The molecule has 3 rings (SSSR count). The lowest BCUT2D eigenvalue weighted by Crippen LogP contribution is -2.48. The predicted octanol–water partition coefficient (Wildman–Crippen LogP) is 3.47. The standard InChI is InChI=1S/C18H19ClN2O3/c1-11-10-24-17(14-5-3-4-6-15(14)19)9-21(11)18(23)16-7-13(8-20-16)12(2)22/h3-8,11,17,20H,9-10H2,1-2H3/t11-,17-/m0/s1. The van der Waals surface area contributed by atoms with E-state index in [1.807, 2.05) is 31.2 Å². The smallest absolute Gasteiger partial charge is 0.270 e. The first-order valence-electron chi connectivity index (χ1n) is 7.83. The van der Waals surface area contributed by atoms with Gasteiger partial charge in [0.15, 0.2) is 5.78 Å². The average Bonchev–Trinajstić information content (AvgIpc) is 3.06. The van der Waals surface area contributed by atoms with Gasteiger partial charge in [-0.25, -0.2) is 0 Å². The maximum atomic E-state index is 12.8. The number of hydrogen-bond donors (Lipinski definition) is 1. The molecule has 2 heterocycles. The summed E-state index contributed by atoms with van der Waals surface area (Å²) < 4.78 is 5.87. The Kier molecular flexibility index (Phi) is 4.73. The van der Waals surface area contributed by atoms with Crippen LogP contribution in [0.1, 0.15) is 46.4 Å². The van der Waals surface area contributed by atoms with E-state index in [1.54, 1.807) is 17.2 Å². The second-order valence-corrected chi connectivity index (χ2v) is 6.42. The fourth-order valence-corrected chi connectivity index (χ4v) is 3.10. The van der Waals surface area contributed by atoms with E-state index in [9.17, 15) is 9.59 Å². The molecule has 1 aliphatic heterocycles. The molecule has 126 valence electrons. The highest BCUT2D eigenvalue weighted by atomic mass is 35.5. The Morgan fingerprint density at radius 2 is 2.08 bits per heavy atom. The van der Waals surface area contributed by atoms with Crippen molar-refractivity contribution >= 4 is 23.3 Å². The van der Waals surface area contributed by atoms with Gasteiger partial charge in [0, 0.05) is 22.3 Å². The van der Waals surface area contributed by atoms with Gasteiger partial charge >= 0.3 is 0 Å². The number of carbonyl (C=O) groups is 2. The third-order valence-electron chi connectivity index (χ3n) is 4.27. The van der Waals surface area contributed by atoms with Crippen molar-refractivity contribution in [3.05, 3.63) is 58.4 Å². The van der Waals surface area contributed by atoms with E-state index in [0.717, 1.165) is 5.56 Å². The minimum atomic E-state index is -0.263. The minimum Gasteiger partial charge on any atom is -0.369 e. The van der Waals surface area contributed by atoms with Crippen LogP contribution in [0.2, 0.25) is 5.02 Å². The molecule has 0 saturated carbocycles. The van der Waals surface area contributed by atoms with Gasteiger partial charge in [-0.15, -0.1) is 0 Å². The zero-order chi connectivity index (χ0) is 17.3. The summed E-state index contributed by atoms with van der Waals surface area (Å²) in [4.78, 5) is 28.9. The van der Waals surface area contributed by atoms with Crippen molar-refractivity contribution in [2.75, 3.05) is 13.2 Å². The topological polar surface area (TPSA) is 62.4 Å². The number of carbonyl (C=O) groups excluding carboxylic acids is 2. The molecule has 1 saturated heterocycles. The molecular formula is C18H19ClN2O3. The van der Waals surface area contributed by atoms with Crippen molar-refractivity contribution in [3.63, 3.8) is 0 Å². The van der Waals surface area contributed by atoms with E-state index >= 15 is 0 Å². The van der Waals surface area contributed by atoms with Gasteiger partial charge in [-0.05, 0) is 26.0 Å². The van der Waals surface area contributed by atoms with E-state index < -0.39 is 0 Å². The number of amides is 1. The number of H-pyrrole nitrogens is 1. The van der Waals surface area contributed by atoms with Crippen LogP contribution >= 0.6 is 11.6 Å². The highest BCUT2D eigenvalue weighted by molar-refractivity contribution is 6.31. The Labute approximate surface area is 145 Å². The molecule has 1 aromatic carbocycles. The summed E-state index contributed by atoms with van der Waals surface area (Å²) in [6, 6.07) is 9.03. The molecule has 0 radical (unpaired) electrons. The zero-order valence-corrected chi connectivity index (χ0v) is 14.3. The third kappa shape index (κ3) is 3.23. The van der Waals surface area contributed by atoms with Crippen molar-refractivity contribution in [1.29, 1.82) is 0 Å². The van der Waals surface area contributed by atoms with E-state index in [2.05, 4.69) is 4.98 Å². The molecule has 1 aromatic heterocycles. The molecule has 0 spiro atoms. The van der Waals surface area contributed by atoms with Crippen LogP contribution in [0.5, 0.6) is 0 Å². The number of hydrogen-bond acceptors (Lipinski definition) is 3. The summed E-state index contributed by atoms with van der Waals surface area (Å²) in [5.41, 5.74) is 1.79. The summed E-state index contributed by atoms with van der Waals surface area (Å²) in [7, 11) is 0. The first-order chi connectivity index (χ1) is 11.5. The second kappa shape index (κ2) is 6.79. The van der Waals surface area contributed by atoms with Gasteiger partial charge in [-0.2, -0.15) is 0 Å². The number of morpholine rings is 1. The minimum absolute atomic E-state index is 0.0553. The lowest BCUT2D eigenvalue weighted by atomic mass is 10.1. The molecule has 2 aromatic rings. The van der Waals surface area contributed by atoms with Crippen LogP contribution < -0.4 is 0 Å². The molecule has 1 aliphatic rings. The monoisotopic (exact) mass is 346 g/mol. The molecule has 0 unspecified atom stereocenters. The number of halogens is 1. The summed E-state index contributed by atoms with van der Waals surface area (Å²) in [6.45, 7) is 4.26. The van der Waals surface area contributed by atoms with Crippen LogP contribution in [0.15, 0.2) is 36.5 Å². The molecule has 5 nitrogen and oxygen atoms in total. The number of rotatable bonds is 3. The molecular weight excluding hydrogens is 328 g/mol. The lowest BCUT2D eigenvalue weighted by molar-refractivity contribution is -0.0487. The Hall–Kier alpha value is -2.11. The SMILES string of the molecule is CC(=O)c1c[nH]c(C(=O)N2C[C@@H](c3ccccc3Cl)OC[C@@H]2C)c1. The first kappa shape index (κ1) is 16.7. The van der Waals surface area contributed by atoms with Crippen LogP contribution in [0.25, 0.3) is 0 Å². The summed E-state index contributed by atoms with van der Waals surface area (Å²) in [6.07, 6.45) is 1.30. The summed E-state index contributed by atoms with van der Waals surface area (Å²) in [5.74, 6) is -0.218. The summed E-state index contributed by atoms with van der Waals surface area (Å²) >= 11 is 6.25. The van der Waals surface area contributed by atoms with Crippen molar-refractivity contribution in [3.8, 4) is 0 Å². The normalized spacial score (nSPS) is 20.9. The fraction of sp³-hybridized carbons (Fsp3) is 0.333. The van der Waals surface area contributed by atoms with E-state index in [4.69, 9.17) is 16.3 Å². The van der Waals surface area contributed by atoms with Gasteiger partial charge in [-0.1, -0.05) is 29.8 Å². The Morgan fingerprint density at radius 3 is 2.75 bits per heavy atom. The number of aromatic nitrogens is 1. The molecule has 2 atom stereocenters. The fourth-order valence-electron chi connectivity index (χ4n) is 2.84. The third-order valence-corrected chi connectivity index (χ3v) is 4.61. The number of ether oxygens (including phenoxy) is 1. The highest BCUT2D eigenvalue weighted by Gasteiger charge is 2.32. The number of benzene rings is 1. The maximum Gasteiger partial charge on any atom is 0.270 e. The van der Waals surface area contributed by atoms with Crippen LogP contribution in [-0.4, -0.2) is 40.8 Å². The van der Waals surface area contributed by atoms with Gasteiger partial charge in [0.1, 0.15) is 11.8 Å². The quantitative estimate of drug-likeness (QED) is 0.865. The number of ketones is 1. The number of Topliss-reactive ketones (excluding diaryl/α,β-unsaturated/α-hetero) is 1. The van der Waals surface area contributed by atoms with Gasteiger partial charge in [0.2, 0.25) is 0 Å². The van der Waals surface area contributed by atoms with Crippen molar-refractivity contribution in [2.24, 2.45) is 0 Å². The molecule has 1 amide bonds. The van der Waals surface area contributed by atoms with E-state index in [-0.39, 0.29) is 23.8 Å². The molecule has 0 bridgehead atoms. The van der Waals surface area contributed by atoms with Gasteiger partial charge in [0.25, 0.3) is 5.91 Å². The Morgan fingerprint density at radius 1 is 1.33 bits per heavy atom. The van der Waals surface area contributed by atoms with Crippen molar-refractivity contribution in [2.45, 2.75) is 26.0 Å². The maximum absolute atomic E-state index is 12.8. The lowest BCUT2D eigenvalue weighted by Gasteiger charge is -2.38. The van der Waals surface area contributed by atoms with E-state index in [0.29, 0.717) is 29.4 Å². The van der Waals surface area contributed by atoms with Crippen LogP contribution in [-0.2, 0) is 4.74 Å². The average molecular weight is 347 g/mol. The highest BCUT2D eigenvalue weighted by Crippen LogP contribution is 2.30. The Bertz CT molecular complexity index is 771. The van der Waals surface area contributed by atoms with Crippen LogP contribution in [0, 0.1) is 0 Å². The van der Waals surface area contributed by atoms with Gasteiger partial charge in [0.05, 0.1) is 19.2 Å². The molecule has 1 fully saturated rings. The van der Waals surface area contributed by atoms with Gasteiger partial charge < -0.3 is 14.6 Å². The van der Waals surface area contributed by atoms with Gasteiger partial charge in [-0.3, -0.25) is 9.59 Å². The van der Waals surface area contributed by atoms with Crippen molar-refractivity contribution in [1.82, 2.24) is 9.88 Å². The number of nitrogens with one attached hydrogen (secondary N) is 1. The summed E-state index contributed by atoms with van der Waals surface area (Å²) in [5, 5.41) is 0.628. The second-order valence-electron chi connectivity index (χ2n) is 6.01. The van der Waals surface area contributed by atoms with Crippen molar-refractivity contribution < 1.29 is 14.3 Å². The largest absolute Gasteiger partial charge is 0.369 e. The zero-order valence-electron chi connectivity index (χ0n) is 13.6.